The minimum Gasteiger partial charge on any atom is -0.314 e. The van der Waals surface area contributed by atoms with E-state index >= 15 is 0 Å². The molecule has 3 nitrogen and oxygen atoms in total. The van der Waals surface area contributed by atoms with E-state index in [4.69, 9.17) is 0 Å². The first-order chi connectivity index (χ1) is 7.88. The van der Waals surface area contributed by atoms with Crippen molar-refractivity contribution in [3.8, 4) is 0 Å². The number of hydrogen-bond donors (Lipinski definition) is 1. The van der Waals surface area contributed by atoms with Crippen LogP contribution in [0.15, 0.2) is 0 Å². The molecule has 1 heterocycles. The van der Waals surface area contributed by atoms with Crippen molar-refractivity contribution >= 4 is 0 Å². The molecular formula is C13H27N3. The summed E-state index contributed by atoms with van der Waals surface area (Å²) in [5.74, 6) is 0. The molecule has 1 aliphatic heterocycles. The standard InChI is InChI=1S/C13H27N3/c1-2-7-15-9-11-16(12-10-15)8-3-6-14-13-4-5-13/h13-14H,2-12H2,1H3. The predicted molar refractivity (Wildman–Crippen MR) is 68.8 cm³/mol. The zero-order chi connectivity index (χ0) is 11.2. The molecule has 94 valence electrons. The SMILES string of the molecule is CCCN1CCN(CCCNC2CC2)CC1. The molecule has 0 atom stereocenters. The molecule has 0 aromatic heterocycles. The fraction of sp³-hybridized carbons (Fsp3) is 1.00. The molecule has 0 bridgehead atoms. The minimum absolute atomic E-state index is 0.876. The van der Waals surface area contributed by atoms with Gasteiger partial charge in [0.2, 0.25) is 0 Å². The van der Waals surface area contributed by atoms with E-state index in [1.165, 1.54) is 71.5 Å². The highest BCUT2D eigenvalue weighted by molar-refractivity contribution is 4.80. The lowest BCUT2D eigenvalue weighted by atomic mass is 10.2. The Labute approximate surface area is 100 Å². The number of nitrogens with zero attached hydrogens (tertiary/aromatic N) is 2. The van der Waals surface area contributed by atoms with Crippen molar-refractivity contribution < 1.29 is 0 Å². The van der Waals surface area contributed by atoms with Gasteiger partial charge in [0.05, 0.1) is 0 Å². The van der Waals surface area contributed by atoms with Gasteiger partial charge in [-0.1, -0.05) is 6.92 Å². The normalized spacial score (nSPS) is 23.8. The van der Waals surface area contributed by atoms with Gasteiger partial charge < -0.3 is 15.1 Å². The average Bonchev–Trinajstić information content (AvgIpc) is 3.11. The van der Waals surface area contributed by atoms with Crippen LogP contribution in [0.3, 0.4) is 0 Å². The zero-order valence-corrected chi connectivity index (χ0v) is 10.7. The van der Waals surface area contributed by atoms with Crippen LogP contribution < -0.4 is 5.32 Å². The minimum atomic E-state index is 0.876. The molecule has 0 amide bonds. The lowest BCUT2D eigenvalue weighted by Gasteiger charge is -2.34. The van der Waals surface area contributed by atoms with Crippen LogP contribution >= 0.6 is 0 Å². The highest BCUT2D eigenvalue weighted by atomic mass is 15.3. The Bertz CT molecular complexity index is 184. The van der Waals surface area contributed by atoms with Crippen LogP contribution in [0.5, 0.6) is 0 Å². The third-order valence-electron chi connectivity index (χ3n) is 3.67. The second-order valence-corrected chi connectivity index (χ2v) is 5.27. The van der Waals surface area contributed by atoms with E-state index in [-0.39, 0.29) is 0 Å². The van der Waals surface area contributed by atoms with Crippen LogP contribution in [-0.2, 0) is 0 Å². The van der Waals surface area contributed by atoms with E-state index in [1.807, 2.05) is 0 Å². The molecule has 2 fully saturated rings. The Morgan fingerprint density at radius 3 is 2.19 bits per heavy atom. The third kappa shape index (κ3) is 4.40. The molecule has 0 radical (unpaired) electrons. The van der Waals surface area contributed by atoms with Gasteiger partial charge in [-0.05, 0) is 45.3 Å². The number of rotatable bonds is 7. The Morgan fingerprint density at radius 1 is 1.00 bits per heavy atom. The van der Waals surface area contributed by atoms with E-state index in [0.29, 0.717) is 0 Å². The Hall–Kier alpha value is -0.120. The molecule has 0 unspecified atom stereocenters. The number of piperazine rings is 1. The molecule has 2 aliphatic rings. The summed E-state index contributed by atoms with van der Waals surface area (Å²) >= 11 is 0. The molecule has 1 N–H and O–H groups in total. The molecule has 1 saturated carbocycles. The highest BCUT2D eigenvalue weighted by Gasteiger charge is 2.20. The van der Waals surface area contributed by atoms with E-state index in [0.717, 1.165) is 6.04 Å². The van der Waals surface area contributed by atoms with E-state index in [9.17, 15) is 0 Å². The monoisotopic (exact) mass is 225 g/mol. The number of nitrogens with one attached hydrogen (secondary N) is 1. The fourth-order valence-electron chi connectivity index (χ4n) is 2.45. The van der Waals surface area contributed by atoms with Crippen LogP contribution in [0.2, 0.25) is 0 Å². The van der Waals surface area contributed by atoms with E-state index in [1.54, 1.807) is 0 Å². The fourth-order valence-corrected chi connectivity index (χ4v) is 2.45. The lowest BCUT2D eigenvalue weighted by molar-refractivity contribution is 0.131. The first-order valence-electron chi connectivity index (χ1n) is 7.06. The summed E-state index contributed by atoms with van der Waals surface area (Å²) in [6, 6.07) is 0.876. The zero-order valence-electron chi connectivity index (χ0n) is 10.7. The topological polar surface area (TPSA) is 18.5 Å². The third-order valence-corrected chi connectivity index (χ3v) is 3.67. The quantitative estimate of drug-likeness (QED) is 0.656. The van der Waals surface area contributed by atoms with Crippen LogP contribution in [0.1, 0.15) is 32.6 Å². The maximum atomic E-state index is 3.59. The summed E-state index contributed by atoms with van der Waals surface area (Å²) in [5.41, 5.74) is 0. The summed E-state index contributed by atoms with van der Waals surface area (Å²) in [4.78, 5) is 5.22. The first kappa shape index (κ1) is 12.3. The summed E-state index contributed by atoms with van der Waals surface area (Å²) in [6.07, 6.45) is 5.45. The van der Waals surface area contributed by atoms with E-state index in [2.05, 4.69) is 22.0 Å². The summed E-state index contributed by atoms with van der Waals surface area (Å²) in [5, 5.41) is 3.59. The van der Waals surface area contributed by atoms with Gasteiger partial charge in [-0.3, -0.25) is 0 Å². The largest absolute Gasteiger partial charge is 0.314 e. The van der Waals surface area contributed by atoms with Crippen LogP contribution in [0.25, 0.3) is 0 Å². The maximum Gasteiger partial charge on any atom is 0.0110 e. The Balaban J connectivity index is 1.47. The van der Waals surface area contributed by atoms with Crippen LogP contribution in [0, 0.1) is 0 Å². The molecule has 3 heteroatoms. The molecule has 0 aromatic rings. The molecular weight excluding hydrogens is 198 g/mol. The second-order valence-electron chi connectivity index (χ2n) is 5.27. The van der Waals surface area contributed by atoms with Crippen molar-refractivity contribution in [3.05, 3.63) is 0 Å². The smallest absolute Gasteiger partial charge is 0.0110 e. The van der Waals surface area contributed by atoms with Gasteiger partial charge in [0.1, 0.15) is 0 Å². The van der Waals surface area contributed by atoms with Gasteiger partial charge in [0.15, 0.2) is 0 Å². The summed E-state index contributed by atoms with van der Waals surface area (Å²) in [7, 11) is 0. The Kier molecular flexibility index (Phi) is 5.07. The van der Waals surface area contributed by atoms with Crippen molar-refractivity contribution in [1.82, 2.24) is 15.1 Å². The van der Waals surface area contributed by atoms with Gasteiger partial charge in [-0.25, -0.2) is 0 Å². The van der Waals surface area contributed by atoms with Crippen molar-refractivity contribution in [3.63, 3.8) is 0 Å². The molecule has 16 heavy (non-hydrogen) atoms. The van der Waals surface area contributed by atoms with Crippen molar-refractivity contribution in [1.29, 1.82) is 0 Å². The second kappa shape index (κ2) is 6.58. The van der Waals surface area contributed by atoms with Crippen molar-refractivity contribution in [2.45, 2.75) is 38.6 Å². The van der Waals surface area contributed by atoms with Gasteiger partial charge in [0, 0.05) is 32.2 Å². The Morgan fingerprint density at radius 2 is 1.62 bits per heavy atom. The number of hydrogen-bond acceptors (Lipinski definition) is 3. The van der Waals surface area contributed by atoms with Crippen molar-refractivity contribution in [2.24, 2.45) is 0 Å². The molecule has 0 spiro atoms. The molecule has 1 saturated heterocycles. The highest BCUT2D eigenvalue weighted by Crippen LogP contribution is 2.18. The summed E-state index contributed by atoms with van der Waals surface area (Å²) in [6.45, 7) is 11.2. The first-order valence-corrected chi connectivity index (χ1v) is 7.06. The van der Waals surface area contributed by atoms with Gasteiger partial charge in [-0.2, -0.15) is 0 Å². The van der Waals surface area contributed by atoms with Gasteiger partial charge >= 0.3 is 0 Å². The van der Waals surface area contributed by atoms with Crippen LogP contribution in [0.4, 0.5) is 0 Å². The van der Waals surface area contributed by atoms with Gasteiger partial charge in [0.25, 0.3) is 0 Å². The average molecular weight is 225 g/mol. The van der Waals surface area contributed by atoms with Crippen molar-refractivity contribution in [2.75, 3.05) is 45.8 Å². The van der Waals surface area contributed by atoms with Gasteiger partial charge in [-0.15, -0.1) is 0 Å². The van der Waals surface area contributed by atoms with E-state index < -0.39 is 0 Å². The molecule has 1 aliphatic carbocycles. The predicted octanol–water partition coefficient (Wildman–Crippen LogP) is 1.16. The molecule has 2 rings (SSSR count). The lowest BCUT2D eigenvalue weighted by Crippen LogP contribution is -2.47. The van der Waals surface area contributed by atoms with Crippen LogP contribution in [-0.4, -0.2) is 61.7 Å². The molecule has 0 aromatic carbocycles. The maximum absolute atomic E-state index is 3.59. The summed E-state index contributed by atoms with van der Waals surface area (Å²) < 4.78 is 0.